The first-order chi connectivity index (χ1) is 5.95. The number of nitrogens with one attached hydrogen (secondary N) is 1. The number of hydrogen-bond acceptors (Lipinski definition) is 3. The Hall–Kier alpha value is -0.830. The zero-order valence-electron chi connectivity index (χ0n) is 7.12. The van der Waals surface area contributed by atoms with Crippen LogP contribution in [0.1, 0.15) is 18.7 Å². The van der Waals surface area contributed by atoms with E-state index in [0.29, 0.717) is 0 Å². The molecule has 12 heavy (non-hydrogen) atoms. The fourth-order valence-corrected chi connectivity index (χ4v) is 1.69. The lowest BCUT2D eigenvalue weighted by molar-refractivity contribution is 0.341. The summed E-state index contributed by atoms with van der Waals surface area (Å²) >= 11 is 0. The van der Waals surface area contributed by atoms with Gasteiger partial charge in [0.05, 0.1) is 6.20 Å². The molecule has 1 aliphatic rings. The number of oxazole rings is 1. The quantitative estimate of drug-likeness (QED) is 0.717. The first kappa shape index (κ1) is 7.80. The van der Waals surface area contributed by atoms with Gasteiger partial charge in [0.2, 0.25) is 0 Å². The van der Waals surface area contributed by atoms with Crippen LogP contribution in [0.2, 0.25) is 0 Å². The molecule has 66 valence electrons. The van der Waals surface area contributed by atoms with Gasteiger partial charge in [-0.3, -0.25) is 0 Å². The number of nitrogens with zero attached hydrogens (tertiary/aromatic N) is 1. The van der Waals surface area contributed by atoms with Crippen molar-refractivity contribution in [2.75, 3.05) is 13.1 Å². The number of piperidine rings is 1. The maximum absolute atomic E-state index is 5.20. The van der Waals surface area contributed by atoms with Crippen LogP contribution in [0.25, 0.3) is 0 Å². The Labute approximate surface area is 72.2 Å². The summed E-state index contributed by atoms with van der Waals surface area (Å²) < 4.78 is 5.20. The topological polar surface area (TPSA) is 38.1 Å². The molecule has 1 aromatic rings. The molecule has 0 atom stereocenters. The van der Waals surface area contributed by atoms with Crippen LogP contribution < -0.4 is 5.32 Å². The molecule has 3 heteroatoms. The molecule has 0 unspecified atom stereocenters. The van der Waals surface area contributed by atoms with E-state index in [-0.39, 0.29) is 0 Å². The van der Waals surface area contributed by atoms with Crippen molar-refractivity contribution in [1.29, 1.82) is 0 Å². The van der Waals surface area contributed by atoms with Gasteiger partial charge in [0.1, 0.15) is 6.26 Å². The summed E-state index contributed by atoms with van der Waals surface area (Å²) in [5.41, 5.74) is 0. The lowest BCUT2D eigenvalue weighted by atomic mass is 9.95. The van der Waals surface area contributed by atoms with E-state index in [9.17, 15) is 0 Å². The van der Waals surface area contributed by atoms with Crippen LogP contribution in [0.5, 0.6) is 0 Å². The summed E-state index contributed by atoms with van der Waals surface area (Å²) in [6.45, 7) is 2.29. The van der Waals surface area contributed by atoms with E-state index in [1.54, 1.807) is 12.5 Å². The van der Waals surface area contributed by atoms with Gasteiger partial charge in [-0.2, -0.15) is 0 Å². The van der Waals surface area contributed by atoms with Crippen molar-refractivity contribution in [2.24, 2.45) is 5.92 Å². The maximum atomic E-state index is 5.20. The first-order valence-electron chi connectivity index (χ1n) is 4.54. The largest absolute Gasteiger partial charge is 0.449 e. The maximum Gasteiger partial charge on any atom is 0.194 e. The number of rotatable bonds is 2. The predicted octanol–water partition coefficient (Wildman–Crippen LogP) is 1.22. The second kappa shape index (κ2) is 3.72. The lowest BCUT2D eigenvalue weighted by Crippen LogP contribution is -2.28. The zero-order valence-corrected chi connectivity index (χ0v) is 7.12. The summed E-state index contributed by atoms with van der Waals surface area (Å²) in [4.78, 5) is 4.12. The Kier molecular flexibility index (Phi) is 2.42. The van der Waals surface area contributed by atoms with Gasteiger partial charge < -0.3 is 9.73 Å². The van der Waals surface area contributed by atoms with Gasteiger partial charge in [-0.1, -0.05) is 0 Å². The third kappa shape index (κ3) is 1.85. The van der Waals surface area contributed by atoms with E-state index in [0.717, 1.165) is 31.3 Å². The molecule has 1 aromatic heterocycles. The third-order valence-corrected chi connectivity index (χ3v) is 2.41. The molecule has 0 radical (unpaired) electrons. The molecule has 0 aromatic carbocycles. The Bertz CT molecular complexity index is 214. The predicted molar refractivity (Wildman–Crippen MR) is 45.8 cm³/mol. The number of aromatic nitrogens is 1. The summed E-state index contributed by atoms with van der Waals surface area (Å²) in [6.07, 6.45) is 6.88. The van der Waals surface area contributed by atoms with E-state index in [4.69, 9.17) is 4.42 Å². The monoisotopic (exact) mass is 166 g/mol. The van der Waals surface area contributed by atoms with Crippen molar-refractivity contribution in [2.45, 2.75) is 19.3 Å². The fraction of sp³-hybridized carbons (Fsp3) is 0.667. The molecule has 1 aliphatic heterocycles. The molecule has 2 rings (SSSR count). The molecule has 0 amide bonds. The standard InChI is InChI=1S/C9H14N2O/c1-3-10-4-2-8(1)7-9-11-5-6-12-9/h5-6,8,10H,1-4,7H2. The fourth-order valence-electron chi connectivity index (χ4n) is 1.69. The summed E-state index contributed by atoms with van der Waals surface area (Å²) in [6, 6.07) is 0. The Morgan fingerprint density at radius 2 is 2.33 bits per heavy atom. The van der Waals surface area contributed by atoms with E-state index >= 15 is 0 Å². The molecule has 3 nitrogen and oxygen atoms in total. The first-order valence-corrected chi connectivity index (χ1v) is 4.54. The highest BCUT2D eigenvalue weighted by Gasteiger charge is 2.14. The zero-order chi connectivity index (χ0) is 8.23. The normalized spacial score (nSPS) is 19.7. The minimum atomic E-state index is 0.768. The van der Waals surface area contributed by atoms with E-state index < -0.39 is 0 Å². The Morgan fingerprint density at radius 1 is 1.50 bits per heavy atom. The van der Waals surface area contributed by atoms with Crippen LogP contribution in [0.4, 0.5) is 0 Å². The van der Waals surface area contributed by atoms with Crippen LogP contribution >= 0.6 is 0 Å². The van der Waals surface area contributed by atoms with E-state index in [1.807, 2.05) is 0 Å². The molecular formula is C9H14N2O. The van der Waals surface area contributed by atoms with Gasteiger partial charge >= 0.3 is 0 Å². The molecule has 0 saturated carbocycles. The molecule has 2 heterocycles. The van der Waals surface area contributed by atoms with Crippen LogP contribution in [0.3, 0.4) is 0 Å². The molecule has 0 aliphatic carbocycles. The van der Waals surface area contributed by atoms with Crippen molar-refractivity contribution in [1.82, 2.24) is 10.3 Å². The van der Waals surface area contributed by atoms with Crippen molar-refractivity contribution in [3.63, 3.8) is 0 Å². The molecule has 0 spiro atoms. The SMILES string of the molecule is c1coc(CC2CCNCC2)n1. The molecule has 1 saturated heterocycles. The third-order valence-electron chi connectivity index (χ3n) is 2.41. The average Bonchev–Trinajstić information content (AvgIpc) is 2.59. The number of hydrogen-bond donors (Lipinski definition) is 1. The second-order valence-electron chi connectivity index (χ2n) is 3.32. The molecule has 1 N–H and O–H groups in total. The average molecular weight is 166 g/mol. The van der Waals surface area contributed by atoms with Crippen molar-refractivity contribution >= 4 is 0 Å². The minimum Gasteiger partial charge on any atom is -0.449 e. The minimum absolute atomic E-state index is 0.768. The highest BCUT2D eigenvalue weighted by molar-refractivity contribution is 4.84. The Balaban J connectivity index is 1.86. The van der Waals surface area contributed by atoms with Gasteiger partial charge in [0.15, 0.2) is 5.89 Å². The van der Waals surface area contributed by atoms with Crippen molar-refractivity contribution in [3.05, 3.63) is 18.4 Å². The highest BCUT2D eigenvalue weighted by Crippen LogP contribution is 2.16. The van der Waals surface area contributed by atoms with Crippen molar-refractivity contribution < 1.29 is 4.42 Å². The highest BCUT2D eigenvalue weighted by atomic mass is 16.3. The summed E-state index contributed by atoms with van der Waals surface area (Å²) in [7, 11) is 0. The molecule has 1 fully saturated rings. The summed E-state index contributed by atoms with van der Waals surface area (Å²) in [5.74, 6) is 1.66. The van der Waals surface area contributed by atoms with Crippen LogP contribution in [-0.2, 0) is 6.42 Å². The Morgan fingerprint density at radius 3 is 3.00 bits per heavy atom. The van der Waals surface area contributed by atoms with Crippen LogP contribution in [-0.4, -0.2) is 18.1 Å². The van der Waals surface area contributed by atoms with Gasteiger partial charge in [-0.25, -0.2) is 4.98 Å². The van der Waals surface area contributed by atoms with Gasteiger partial charge in [0, 0.05) is 6.42 Å². The smallest absolute Gasteiger partial charge is 0.194 e. The molecular weight excluding hydrogens is 152 g/mol. The van der Waals surface area contributed by atoms with Gasteiger partial charge in [-0.15, -0.1) is 0 Å². The van der Waals surface area contributed by atoms with Crippen molar-refractivity contribution in [3.8, 4) is 0 Å². The lowest BCUT2D eigenvalue weighted by Gasteiger charge is -2.20. The van der Waals surface area contributed by atoms with E-state index in [2.05, 4.69) is 10.3 Å². The van der Waals surface area contributed by atoms with Crippen LogP contribution in [0, 0.1) is 5.92 Å². The second-order valence-corrected chi connectivity index (χ2v) is 3.32. The summed E-state index contributed by atoms with van der Waals surface area (Å²) in [5, 5.41) is 3.34. The molecule has 0 bridgehead atoms. The van der Waals surface area contributed by atoms with Crippen LogP contribution in [0.15, 0.2) is 16.9 Å². The van der Waals surface area contributed by atoms with E-state index in [1.165, 1.54) is 12.8 Å². The van der Waals surface area contributed by atoms with Gasteiger partial charge in [0.25, 0.3) is 0 Å². The van der Waals surface area contributed by atoms with Gasteiger partial charge in [-0.05, 0) is 31.8 Å².